The van der Waals surface area contributed by atoms with E-state index in [2.05, 4.69) is 112 Å². The van der Waals surface area contributed by atoms with Gasteiger partial charge in [-0.2, -0.15) is 0 Å². The van der Waals surface area contributed by atoms with Crippen molar-refractivity contribution in [2.45, 2.75) is 25.6 Å². The first kappa shape index (κ1) is 17.9. The molecule has 3 atom stereocenters. The van der Waals surface area contributed by atoms with Gasteiger partial charge in [0.1, 0.15) is 14.4 Å². The van der Waals surface area contributed by atoms with Crippen LogP contribution in [0.4, 0.5) is 0 Å². The Kier molecular flexibility index (Phi) is 5.52. The molecule has 4 rings (SSSR count). The van der Waals surface area contributed by atoms with Gasteiger partial charge >= 0.3 is 0 Å². The second-order valence-electron chi connectivity index (χ2n) is 6.47. The second kappa shape index (κ2) is 8.02. The van der Waals surface area contributed by atoms with Crippen molar-refractivity contribution >= 4 is 29.5 Å². The van der Waals surface area contributed by atoms with Gasteiger partial charge in [0.2, 0.25) is 0 Å². The molecule has 0 aliphatic carbocycles. The van der Waals surface area contributed by atoms with E-state index in [-0.39, 0.29) is 6.10 Å². The Labute approximate surface area is 164 Å². The summed E-state index contributed by atoms with van der Waals surface area (Å²) in [5.74, 6) is 0. The van der Waals surface area contributed by atoms with Crippen LogP contribution in [0.2, 0.25) is 0 Å². The first-order valence-corrected chi connectivity index (χ1v) is 10.8. The normalized spacial score (nSPS) is 23.2. The lowest BCUT2D eigenvalue weighted by Crippen LogP contribution is -2.28. The smallest absolute Gasteiger partial charge is 0.138 e. The Morgan fingerprint density at radius 2 is 1.50 bits per heavy atom. The van der Waals surface area contributed by atoms with Crippen LogP contribution in [0.3, 0.4) is 0 Å². The van der Waals surface area contributed by atoms with Crippen LogP contribution in [0.25, 0.3) is 0 Å². The second-order valence-corrected chi connectivity index (χ2v) is 9.12. The van der Waals surface area contributed by atoms with E-state index in [0.717, 1.165) is 11.0 Å². The van der Waals surface area contributed by atoms with Gasteiger partial charge in [-0.3, -0.25) is 0 Å². The predicted molar refractivity (Wildman–Crippen MR) is 112 cm³/mol. The molecule has 0 saturated carbocycles. The maximum Gasteiger partial charge on any atom is 0.138 e. The van der Waals surface area contributed by atoms with Gasteiger partial charge in [0, 0.05) is 22.4 Å². The minimum absolute atomic E-state index is 0.0880. The summed E-state index contributed by atoms with van der Waals surface area (Å²) in [7, 11) is -0.830. The molecule has 132 valence electrons. The van der Waals surface area contributed by atoms with Crippen molar-refractivity contribution in [3.8, 4) is 0 Å². The molecular formula is C22H21BrNOP. The average Bonchev–Trinajstić information content (AvgIpc) is 3.01. The van der Waals surface area contributed by atoms with Gasteiger partial charge in [0.15, 0.2) is 0 Å². The standard InChI is InChI=1S/C22H21BrNOP/c1-17-22(18-10-4-2-5-11-18)25-26(20-13-6-3-7-14-20)24(17)16-19-12-8-9-15-21(19)23/h2-15,17,22H,16H2,1H3/t17-,22-,26?/m1/s1. The SMILES string of the molecule is C[C@@H]1[C@H](c2ccccc2)OP(c2ccccc2)N1Cc1ccccc1Br. The van der Waals surface area contributed by atoms with Crippen LogP contribution < -0.4 is 5.30 Å². The van der Waals surface area contributed by atoms with Crippen LogP contribution in [0.15, 0.2) is 89.4 Å². The van der Waals surface area contributed by atoms with Crippen molar-refractivity contribution in [2.75, 3.05) is 0 Å². The zero-order valence-corrected chi connectivity index (χ0v) is 17.1. The molecule has 0 bridgehead atoms. The summed E-state index contributed by atoms with van der Waals surface area (Å²) in [4.78, 5) is 0. The summed E-state index contributed by atoms with van der Waals surface area (Å²) < 4.78 is 10.3. The van der Waals surface area contributed by atoms with Crippen molar-refractivity contribution in [3.63, 3.8) is 0 Å². The van der Waals surface area contributed by atoms with Crippen molar-refractivity contribution < 1.29 is 4.52 Å². The zero-order chi connectivity index (χ0) is 17.9. The maximum absolute atomic E-state index is 6.65. The summed E-state index contributed by atoms with van der Waals surface area (Å²) in [6, 6.07) is 29.9. The fourth-order valence-corrected chi connectivity index (χ4v) is 5.96. The fourth-order valence-electron chi connectivity index (χ4n) is 3.33. The van der Waals surface area contributed by atoms with Gasteiger partial charge in [0.25, 0.3) is 0 Å². The Bertz CT molecular complexity index is 858. The molecule has 2 nitrogen and oxygen atoms in total. The van der Waals surface area contributed by atoms with Gasteiger partial charge in [-0.1, -0.05) is 94.8 Å². The summed E-state index contributed by atoms with van der Waals surface area (Å²) in [5, 5.41) is 1.26. The molecule has 0 N–H and O–H groups in total. The lowest BCUT2D eigenvalue weighted by Gasteiger charge is -2.26. The molecule has 0 aromatic heterocycles. The number of hydrogen-bond acceptors (Lipinski definition) is 2. The Morgan fingerprint density at radius 1 is 0.885 bits per heavy atom. The number of hydrogen-bond donors (Lipinski definition) is 0. The summed E-state index contributed by atoms with van der Waals surface area (Å²) >= 11 is 3.70. The highest BCUT2D eigenvalue weighted by molar-refractivity contribution is 9.10. The monoisotopic (exact) mass is 425 g/mol. The van der Waals surface area contributed by atoms with E-state index in [0.29, 0.717) is 6.04 Å². The van der Waals surface area contributed by atoms with Crippen molar-refractivity contribution in [2.24, 2.45) is 0 Å². The van der Waals surface area contributed by atoms with Gasteiger partial charge in [-0.15, -0.1) is 0 Å². The van der Waals surface area contributed by atoms with Gasteiger partial charge < -0.3 is 4.52 Å². The lowest BCUT2D eigenvalue weighted by molar-refractivity contribution is 0.209. The van der Waals surface area contributed by atoms with E-state index < -0.39 is 8.30 Å². The van der Waals surface area contributed by atoms with Gasteiger partial charge in [-0.05, 0) is 24.1 Å². The van der Waals surface area contributed by atoms with E-state index in [4.69, 9.17) is 4.52 Å². The zero-order valence-electron chi connectivity index (χ0n) is 14.6. The third kappa shape index (κ3) is 3.63. The minimum Gasteiger partial charge on any atom is -0.330 e. The number of rotatable bonds is 4. The largest absolute Gasteiger partial charge is 0.330 e. The molecule has 1 heterocycles. The molecule has 1 aliphatic heterocycles. The lowest BCUT2D eigenvalue weighted by atomic mass is 10.0. The fraction of sp³-hybridized carbons (Fsp3) is 0.182. The number of benzene rings is 3. The topological polar surface area (TPSA) is 12.5 Å². The molecular weight excluding hydrogens is 405 g/mol. The molecule has 0 spiro atoms. The van der Waals surface area contributed by atoms with Crippen LogP contribution >= 0.6 is 24.2 Å². The van der Waals surface area contributed by atoms with Gasteiger partial charge in [-0.25, -0.2) is 4.67 Å². The average molecular weight is 426 g/mol. The Morgan fingerprint density at radius 3 is 2.19 bits per heavy atom. The van der Waals surface area contributed by atoms with Crippen LogP contribution in [0.1, 0.15) is 24.2 Å². The van der Waals surface area contributed by atoms with E-state index >= 15 is 0 Å². The third-order valence-electron chi connectivity index (χ3n) is 4.75. The molecule has 4 heteroatoms. The molecule has 0 radical (unpaired) electrons. The van der Waals surface area contributed by atoms with Crippen molar-refractivity contribution in [1.82, 2.24) is 4.67 Å². The van der Waals surface area contributed by atoms with E-state index in [1.165, 1.54) is 16.4 Å². The van der Waals surface area contributed by atoms with Crippen LogP contribution in [0, 0.1) is 0 Å². The molecule has 1 unspecified atom stereocenters. The molecule has 1 saturated heterocycles. The Balaban J connectivity index is 1.69. The van der Waals surface area contributed by atoms with Gasteiger partial charge in [0.05, 0.1) is 0 Å². The van der Waals surface area contributed by atoms with Crippen LogP contribution in [0.5, 0.6) is 0 Å². The number of nitrogens with zero attached hydrogens (tertiary/aromatic N) is 1. The highest BCUT2D eigenvalue weighted by Crippen LogP contribution is 2.56. The molecule has 3 aromatic carbocycles. The Hall–Kier alpha value is -1.51. The summed E-state index contributed by atoms with van der Waals surface area (Å²) in [6.45, 7) is 3.15. The van der Waals surface area contributed by atoms with Crippen LogP contribution in [-0.4, -0.2) is 10.7 Å². The molecule has 26 heavy (non-hydrogen) atoms. The van der Waals surface area contributed by atoms with Crippen molar-refractivity contribution in [1.29, 1.82) is 0 Å². The summed E-state index contributed by atoms with van der Waals surface area (Å²) in [5.41, 5.74) is 2.54. The molecule has 1 aliphatic rings. The molecule has 3 aromatic rings. The highest BCUT2D eigenvalue weighted by Gasteiger charge is 2.41. The first-order chi connectivity index (χ1) is 12.7. The van der Waals surface area contributed by atoms with Crippen molar-refractivity contribution in [3.05, 3.63) is 101 Å². The predicted octanol–water partition coefficient (Wildman–Crippen LogP) is 6.05. The summed E-state index contributed by atoms with van der Waals surface area (Å²) in [6.07, 6.45) is 0.0880. The third-order valence-corrected chi connectivity index (χ3v) is 7.66. The van der Waals surface area contributed by atoms with E-state index in [1.54, 1.807) is 0 Å². The maximum atomic E-state index is 6.65. The van der Waals surface area contributed by atoms with E-state index in [1.807, 2.05) is 0 Å². The number of halogens is 1. The molecule has 0 amide bonds. The highest BCUT2D eigenvalue weighted by atomic mass is 79.9. The van der Waals surface area contributed by atoms with E-state index in [9.17, 15) is 0 Å². The minimum atomic E-state index is -0.830. The van der Waals surface area contributed by atoms with Crippen LogP contribution in [-0.2, 0) is 11.1 Å². The molecule has 1 fully saturated rings. The first-order valence-electron chi connectivity index (χ1n) is 8.81. The quantitative estimate of drug-likeness (QED) is 0.471.